The third kappa shape index (κ3) is 2.39. The fraction of sp³-hybridized carbons (Fsp3) is 0.435. The summed E-state index contributed by atoms with van der Waals surface area (Å²) in [5, 5.41) is 0. The van der Waals surface area contributed by atoms with Crippen LogP contribution in [0.4, 0.5) is 0 Å². The van der Waals surface area contributed by atoms with Crippen LogP contribution in [-0.2, 0) is 11.2 Å². The fourth-order valence-electron chi connectivity index (χ4n) is 4.60. The number of fused-ring (bicyclic) bond motifs is 1. The lowest BCUT2D eigenvalue weighted by Crippen LogP contribution is -2.61. The lowest BCUT2D eigenvalue weighted by atomic mass is 9.79. The second kappa shape index (κ2) is 6.24. The van der Waals surface area contributed by atoms with Crippen molar-refractivity contribution in [3.8, 4) is 11.5 Å². The number of ether oxygens (including phenoxy) is 2. The van der Waals surface area contributed by atoms with E-state index in [4.69, 9.17) is 9.47 Å². The monoisotopic (exact) mass is 380 g/mol. The molecule has 0 aromatic heterocycles. The zero-order valence-electron chi connectivity index (χ0n) is 17.4. The molecule has 0 radical (unpaired) electrons. The number of methoxy groups -OCH3 is 1. The summed E-state index contributed by atoms with van der Waals surface area (Å²) in [5.41, 5.74) is 1.70. The van der Waals surface area contributed by atoms with Crippen LogP contribution >= 0.6 is 0 Å². The molecule has 0 bridgehead atoms. The Morgan fingerprint density at radius 3 is 2.39 bits per heavy atom. The highest BCUT2D eigenvalue weighted by Gasteiger charge is 2.66. The van der Waals surface area contributed by atoms with Gasteiger partial charge in [0.25, 0.3) is 11.6 Å². The van der Waals surface area contributed by atoms with Gasteiger partial charge in [0.15, 0.2) is 11.5 Å². The molecule has 2 aliphatic rings. The molecule has 1 spiro atoms. The summed E-state index contributed by atoms with van der Waals surface area (Å²) >= 11 is 0. The van der Waals surface area contributed by atoms with Crippen molar-refractivity contribution in [2.75, 3.05) is 21.2 Å². The van der Waals surface area contributed by atoms with Gasteiger partial charge in [-0.1, -0.05) is 36.4 Å². The van der Waals surface area contributed by atoms with Crippen LogP contribution in [0.2, 0.25) is 0 Å². The summed E-state index contributed by atoms with van der Waals surface area (Å²) in [4.78, 5) is 17.5. The molecule has 2 heterocycles. The van der Waals surface area contributed by atoms with Crippen LogP contribution < -0.4 is 9.47 Å². The highest BCUT2D eigenvalue weighted by atomic mass is 16.6. The fourth-order valence-corrected chi connectivity index (χ4v) is 4.60. The van der Waals surface area contributed by atoms with Crippen molar-refractivity contribution in [1.82, 2.24) is 9.80 Å². The summed E-state index contributed by atoms with van der Waals surface area (Å²) in [6.07, 6.45) is 0.706. The molecular formula is C23H28N2O3. The Morgan fingerprint density at radius 2 is 1.82 bits per heavy atom. The standard InChI is InChI=1S/C23H28N2O3/c1-15-12-17-14-18(16-10-8-7-9-11-16)23(28-20(17)19(13-15)27-6)21(26)24(4)22(2,3)25(23)5/h7-13,18H,14H2,1-6H3/t18-,23-/m1/s1. The van der Waals surface area contributed by atoms with Crippen molar-refractivity contribution in [2.45, 2.75) is 44.5 Å². The maximum atomic E-state index is 13.7. The van der Waals surface area contributed by atoms with Crippen LogP contribution in [0, 0.1) is 6.92 Å². The number of hydrogen-bond donors (Lipinski definition) is 0. The van der Waals surface area contributed by atoms with Gasteiger partial charge < -0.3 is 14.4 Å². The van der Waals surface area contributed by atoms with E-state index in [-0.39, 0.29) is 11.8 Å². The van der Waals surface area contributed by atoms with Gasteiger partial charge in [0.05, 0.1) is 18.7 Å². The van der Waals surface area contributed by atoms with Gasteiger partial charge in [0, 0.05) is 7.05 Å². The van der Waals surface area contributed by atoms with Gasteiger partial charge in [-0.05, 0) is 57.0 Å². The SMILES string of the molecule is COc1cc(C)cc2c1O[C@@]1(C(=O)N(C)C(C)(C)N1C)[C@@H](c1ccccc1)C2. The smallest absolute Gasteiger partial charge is 0.284 e. The van der Waals surface area contributed by atoms with E-state index in [9.17, 15) is 4.79 Å². The summed E-state index contributed by atoms with van der Waals surface area (Å²) in [6, 6.07) is 14.3. The van der Waals surface area contributed by atoms with Crippen molar-refractivity contribution < 1.29 is 14.3 Å². The van der Waals surface area contributed by atoms with Crippen LogP contribution in [0.5, 0.6) is 11.5 Å². The Kier molecular flexibility index (Phi) is 4.19. The number of aryl methyl sites for hydroxylation is 1. The molecule has 0 N–H and O–H groups in total. The largest absolute Gasteiger partial charge is 0.493 e. The summed E-state index contributed by atoms with van der Waals surface area (Å²) < 4.78 is 12.3. The van der Waals surface area contributed by atoms with Crippen molar-refractivity contribution in [3.05, 3.63) is 59.2 Å². The van der Waals surface area contributed by atoms with Gasteiger partial charge in [-0.3, -0.25) is 4.79 Å². The average Bonchev–Trinajstić information content (AvgIpc) is 2.81. The molecule has 5 heteroatoms. The third-order valence-electron chi connectivity index (χ3n) is 6.60. The molecule has 4 rings (SSSR count). The lowest BCUT2D eigenvalue weighted by molar-refractivity contribution is -0.153. The molecule has 0 aliphatic carbocycles. The number of benzene rings is 2. The Labute approximate surface area is 166 Å². The molecule has 0 saturated carbocycles. The van der Waals surface area contributed by atoms with Crippen molar-refractivity contribution in [3.63, 3.8) is 0 Å². The van der Waals surface area contributed by atoms with Gasteiger partial charge in [-0.15, -0.1) is 0 Å². The number of nitrogens with zero attached hydrogens (tertiary/aromatic N) is 2. The van der Waals surface area contributed by atoms with Crippen LogP contribution in [0.3, 0.4) is 0 Å². The Balaban J connectivity index is 1.97. The van der Waals surface area contributed by atoms with E-state index in [1.54, 1.807) is 12.0 Å². The number of carbonyl (C=O) groups excluding carboxylic acids is 1. The van der Waals surface area contributed by atoms with Gasteiger partial charge in [-0.2, -0.15) is 0 Å². The number of carbonyl (C=O) groups is 1. The van der Waals surface area contributed by atoms with Crippen molar-refractivity contribution in [2.24, 2.45) is 0 Å². The first-order valence-electron chi connectivity index (χ1n) is 9.67. The van der Waals surface area contributed by atoms with Crippen LogP contribution in [0.25, 0.3) is 0 Å². The molecule has 28 heavy (non-hydrogen) atoms. The zero-order chi connectivity index (χ0) is 20.3. The van der Waals surface area contributed by atoms with E-state index in [1.807, 2.05) is 52.2 Å². The van der Waals surface area contributed by atoms with Crippen molar-refractivity contribution >= 4 is 5.91 Å². The molecule has 2 atom stereocenters. The molecule has 1 amide bonds. The topological polar surface area (TPSA) is 42.0 Å². The summed E-state index contributed by atoms with van der Waals surface area (Å²) in [6.45, 7) is 6.15. The lowest BCUT2D eigenvalue weighted by Gasteiger charge is -2.46. The first-order chi connectivity index (χ1) is 13.2. The average molecular weight is 380 g/mol. The van der Waals surface area contributed by atoms with Crippen LogP contribution in [0.1, 0.15) is 36.5 Å². The molecule has 2 aromatic carbocycles. The van der Waals surface area contributed by atoms with E-state index in [0.717, 1.165) is 16.7 Å². The number of hydrogen-bond acceptors (Lipinski definition) is 4. The Morgan fingerprint density at radius 1 is 1.14 bits per heavy atom. The van der Waals surface area contributed by atoms with E-state index < -0.39 is 11.4 Å². The van der Waals surface area contributed by atoms with Gasteiger partial charge in [0.1, 0.15) is 0 Å². The molecule has 5 nitrogen and oxygen atoms in total. The maximum Gasteiger partial charge on any atom is 0.284 e. The predicted molar refractivity (Wildman–Crippen MR) is 109 cm³/mol. The molecule has 148 valence electrons. The predicted octanol–water partition coefficient (Wildman–Crippen LogP) is 3.56. The number of amides is 1. The van der Waals surface area contributed by atoms with Crippen LogP contribution in [-0.4, -0.2) is 48.3 Å². The highest BCUT2D eigenvalue weighted by Crippen LogP contribution is 2.53. The molecular weight excluding hydrogens is 352 g/mol. The molecule has 2 aliphatic heterocycles. The summed E-state index contributed by atoms with van der Waals surface area (Å²) in [7, 11) is 5.47. The first kappa shape index (κ1) is 18.8. The van der Waals surface area contributed by atoms with Crippen LogP contribution in [0.15, 0.2) is 42.5 Å². The van der Waals surface area contributed by atoms with E-state index in [1.165, 1.54) is 0 Å². The minimum absolute atomic E-state index is 0.0258. The number of likely N-dealkylation sites (N-methyl/N-ethyl adjacent to an activating group) is 2. The second-order valence-corrected chi connectivity index (χ2v) is 8.34. The Bertz CT molecular complexity index is 925. The minimum atomic E-state index is -1.12. The maximum absolute atomic E-state index is 13.7. The molecule has 1 saturated heterocycles. The van der Waals surface area contributed by atoms with Gasteiger partial charge in [0.2, 0.25) is 0 Å². The second-order valence-electron chi connectivity index (χ2n) is 8.34. The van der Waals surface area contributed by atoms with E-state index in [2.05, 4.69) is 30.0 Å². The third-order valence-corrected chi connectivity index (χ3v) is 6.60. The summed E-state index contributed by atoms with van der Waals surface area (Å²) in [5.74, 6) is 1.19. The zero-order valence-corrected chi connectivity index (χ0v) is 17.4. The molecule has 2 aromatic rings. The molecule has 0 unspecified atom stereocenters. The van der Waals surface area contributed by atoms with E-state index >= 15 is 0 Å². The normalized spacial score (nSPS) is 26.3. The first-order valence-corrected chi connectivity index (χ1v) is 9.67. The van der Waals surface area contributed by atoms with Gasteiger partial charge in [-0.25, -0.2) is 4.90 Å². The van der Waals surface area contributed by atoms with E-state index in [0.29, 0.717) is 17.9 Å². The Hall–Kier alpha value is -2.53. The highest BCUT2D eigenvalue weighted by molar-refractivity contribution is 5.90. The number of rotatable bonds is 2. The molecule has 1 fully saturated rings. The van der Waals surface area contributed by atoms with Gasteiger partial charge >= 0.3 is 0 Å². The quantitative estimate of drug-likeness (QED) is 0.799. The van der Waals surface area contributed by atoms with Crippen molar-refractivity contribution in [1.29, 1.82) is 0 Å². The minimum Gasteiger partial charge on any atom is -0.493 e.